The molecular weight excluding hydrogens is 224 g/mol. The van der Waals surface area contributed by atoms with Gasteiger partial charge in [0.2, 0.25) is 0 Å². The van der Waals surface area contributed by atoms with Crippen LogP contribution >= 0.6 is 11.3 Å². The first-order valence-corrected chi connectivity index (χ1v) is 6.49. The van der Waals surface area contributed by atoms with Gasteiger partial charge in [-0.1, -0.05) is 26.2 Å². The SMILES string of the molecule is CC1CCCCC1c1ccsc1.O=C(O)O. The van der Waals surface area contributed by atoms with Crippen LogP contribution in [0.15, 0.2) is 16.8 Å². The molecule has 16 heavy (non-hydrogen) atoms. The zero-order valence-corrected chi connectivity index (χ0v) is 10.2. The summed E-state index contributed by atoms with van der Waals surface area (Å²) in [7, 11) is 0. The quantitative estimate of drug-likeness (QED) is 0.773. The van der Waals surface area contributed by atoms with Crippen molar-refractivity contribution in [2.45, 2.75) is 38.5 Å². The van der Waals surface area contributed by atoms with Crippen molar-refractivity contribution in [2.75, 3.05) is 0 Å². The zero-order chi connectivity index (χ0) is 12.0. The van der Waals surface area contributed by atoms with E-state index in [-0.39, 0.29) is 0 Å². The molecule has 4 heteroatoms. The third-order valence-corrected chi connectivity index (χ3v) is 3.78. The van der Waals surface area contributed by atoms with Gasteiger partial charge in [-0.15, -0.1) is 0 Å². The number of hydrogen-bond acceptors (Lipinski definition) is 2. The van der Waals surface area contributed by atoms with Crippen molar-refractivity contribution in [1.82, 2.24) is 0 Å². The Morgan fingerprint density at radius 1 is 1.38 bits per heavy atom. The van der Waals surface area contributed by atoms with Crippen LogP contribution in [0.1, 0.15) is 44.1 Å². The minimum absolute atomic E-state index is 0.866. The van der Waals surface area contributed by atoms with Gasteiger partial charge in [-0.05, 0) is 40.6 Å². The third kappa shape index (κ3) is 4.23. The molecule has 0 saturated heterocycles. The van der Waals surface area contributed by atoms with Crippen molar-refractivity contribution in [2.24, 2.45) is 5.92 Å². The van der Waals surface area contributed by atoms with Crippen molar-refractivity contribution in [3.8, 4) is 0 Å². The maximum atomic E-state index is 8.56. The first kappa shape index (κ1) is 13.0. The van der Waals surface area contributed by atoms with Gasteiger partial charge in [0.05, 0.1) is 0 Å². The van der Waals surface area contributed by atoms with Crippen LogP contribution in [0.3, 0.4) is 0 Å². The van der Waals surface area contributed by atoms with E-state index in [4.69, 9.17) is 15.0 Å². The number of carbonyl (C=O) groups is 1. The molecule has 0 spiro atoms. The highest BCUT2D eigenvalue weighted by atomic mass is 32.1. The molecule has 1 aromatic rings. The maximum Gasteiger partial charge on any atom is 0.503 e. The smallest absolute Gasteiger partial charge is 0.450 e. The van der Waals surface area contributed by atoms with E-state index in [1.54, 1.807) is 5.56 Å². The normalized spacial score (nSPS) is 24.3. The Balaban J connectivity index is 0.000000280. The maximum absolute atomic E-state index is 8.56. The predicted octanol–water partition coefficient (Wildman–Crippen LogP) is 4.26. The molecule has 0 amide bonds. The second-order valence-electron chi connectivity index (χ2n) is 4.21. The molecule has 1 saturated carbocycles. The summed E-state index contributed by atoms with van der Waals surface area (Å²) in [5.74, 6) is 1.78. The van der Waals surface area contributed by atoms with Crippen LogP contribution in [-0.2, 0) is 0 Å². The molecule has 2 N–H and O–H groups in total. The molecule has 1 aliphatic rings. The van der Waals surface area contributed by atoms with Crippen LogP contribution in [0, 0.1) is 5.92 Å². The van der Waals surface area contributed by atoms with E-state index >= 15 is 0 Å². The van der Waals surface area contributed by atoms with E-state index < -0.39 is 6.16 Å². The minimum Gasteiger partial charge on any atom is -0.450 e. The summed E-state index contributed by atoms with van der Waals surface area (Å²) >= 11 is 1.84. The second kappa shape index (κ2) is 6.53. The minimum atomic E-state index is -1.83. The standard InChI is InChI=1S/C11H16S.CH2O3/c1-9-4-2-3-5-11(9)10-6-7-12-8-10;2-1(3)4/h6-9,11H,2-5H2,1H3;(H2,2,3,4). The van der Waals surface area contributed by atoms with Gasteiger partial charge >= 0.3 is 6.16 Å². The summed E-state index contributed by atoms with van der Waals surface area (Å²) in [6.45, 7) is 2.40. The Kier molecular flexibility index (Phi) is 5.32. The van der Waals surface area contributed by atoms with Crippen LogP contribution in [0.25, 0.3) is 0 Å². The summed E-state index contributed by atoms with van der Waals surface area (Å²) < 4.78 is 0. The zero-order valence-electron chi connectivity index (χ0n) is 9.43. The Hall–Kier alpha value is -1.03. The van der Waals surface area contributed by atoms with Crippen LogP contribution < -0.4 is 0 Å². The number of thiophene rings is 1. The van der Waals surface area contributed by atoms with Gasteiger partial charge in [-0.25, -0.2) is 4.79 Å². The van der Waals surface area contributed by atoms with Crippen molar-refractivity contribution >= 4 is 17.5 Å². The molecule has 3 nitrogen and oxygen atoms in total. The predicted molar refractivity (Wildman–Crippen MR) is 65.3 cm³/mol. The number of hydrogen-bond donors (Lipinski definition) is 2. The van der Waals surface area contributed by atoms with E-state index in [2.05, 4.69) is 23.8 Å². The van der Waals surface area contributed by atoms with E-state index in [1.165, 1.54) is 25.7 Å². The van der Waals surface area contributed by atoms with E-state index in [0.717, 1.165) is 11.8 Å². The van der Waals surface area contributed by atoms with Gasteiger partial charge in [0.25, 0.3) is 0 Å². The van der Waals surface area contributed by atoms with E-state index in [0.29, 0.717) is 0 Å². The molecule has 0 aromatic carbocycles. The monoisotopic (exact) mass is 242 g/mol. The van der Waals surface area contributed by atoms with Crippen LogP contribution in [0.5, 0.6) is 0 Å². The second-order valence-corrected chi connectivity index (χ2v) is 4.99. The first-order valence-electron chi connectivity index (χ1n) is 5.55. The van der Waals surface area contributed by atoms with Crippen LogP contribution in [0.4, 0.5) is 4.79 Å². The summed E-state index contributed by atoms with van der Waals surface area (Å²) in [5, 5.41) is 18.5. The van der Waals surface area contributed by atoms with Crippen molar-refractivity contribution in [3.63, 3.8) is 0 Å². The lowest BCUT2D eigenvalue weighted by atomic mass is 9.77. The lowest BCUT2D eigenvalue weighted by Gasteiger charge is -2.28. The van der Waals surface area contributed by atoms with E-state index in [9.17, 15) is 0 Å². The molecule has 2 atom stereocenters. The highest BCUT2D eigenvalue weighted by molar-refractivity contribution is 7.07. The van der Waals surface area contributed by atoms with Crippen LogP contribution in [-0.4, -0.2) is 16.4 Å². The first-order chi connectivity index (χ1) is 7.61. The molecule has 1 heterocycles. The fraction of sp³-hybridized carbons (Fsp3) is 0.583. The highest BCUT2D eigenvalue weighted by Gasteiger charge is 2.22. The molecule has 2 unspecified atom stereocenters. The molecule has 90 valence electrons. The Bertz CT molecular complexity index is 304. The van der Waals surface area contributed by atoms with Gasteiger partial charge in [0.1, 0.15) is 0 Å². The highest BCUT2D eigenvalue weighted by Crippen LogP contribution is 2.37. The average Bonchev–Trinajstić information content (AvgIpc) is 2.70. The molecule has 1 aromatic heterocycles. The van der Waals surface area contributed by atoms with Gasteiger partial charge in [0, 0.05) is 0 Å². The Labute approximate surface area is 99.7 Å². The lowest BCUT2D eigenvalue weighted by molar-refractivity contribution is 0.137. The Morgan fingerprint density at radius 3 is 2.50 bits per heavy atom. The van der Waals surface area contributed by atoms with Crippen LogP contribution in [0.2, 0.25) is 0 Å². The fourth-order valence-corrected chi connectivity index (χ4v) is 3.02. The van der Waals surface area contributed by atoms with Crippen molar-refractivity contribution in [1.29, 1.82) is 0 Å². The van der Waals surface area contributed by atoms with Crippen molar-refractivity contribution in [3.05, 3.63) is 22.4 Å². The van der Waals surface area contributed by atoms with Gasteiger partial charge in [0.15, 0.2) is 0 Å². The molecular formula is C12H18O3S. The molecule has 2 rings (SSSR count). The van der Waals surface area contributed by atoms with Gasteiger partial charge < -0.3 is 10.2 Å². The van der Waals surface area contributed by atoms with Crippen molar-refractivity contribution < 1.29 is 15.0 Å². The molecule has 0 radical (unpaired) electrons. The molecule has 0 bridgehead atoms. The van der Waals surface area contributed by atoms with Gasteiger partial charge in [-0.2, -0.15) is 11.3 Å². The largest absolute Gasteiger partial charge is 0.503 e. The molecule has 1 aliphatic carbocycles. The summed E-state index contributed by atoms with van der Waals surface area (Å²) in [6, 6.07) is 2.30. The van der Waals surface area contributed by atoms with E-state index in [1.807, 2.05) is 11.3 Å². The summed E-state index contributed by atoms with van der Waals surface area (Å²) in [4.78, 5) is 8.56. The summed E-state index contributed by atoms with van der Waals surface area (Å²) in [5.41, 5.74) is 1.59. The Morgan fingerprint density at radius 2 is 2.00 bits per heavy atom. The number of rotatable bonds is 1. The van der Waals surface area contributed by atoms with Gasteiger partial charge in [-0.3, -0.25) is 0 Å². The topological polar surface area (TPSA) is 57.5 Å². The summed E-state index contributed by atoms with van der Waals surface area (Å²) in [6.07, 6.45) is 3.89. The molecule has 0 aliphatic heterocycles. The number of carboxylic acid groups (broad SMARTS) is 2. The fourth-order valence-electron chi connectivity index (χ4n) is 2.30. The molecule has 1 fully saturated rings. The third-order valence-electron chi connectivity index (χ3n) is 3.08. The lowest BCUT2D eigenvalue weighted by Crippen LogP contribution is -2.13. The average molecular weight is 242 g/mol.